The number of hydrogen-bond donors (Lipinski definition) is 1. The fraction of sp³-hybridized carbons (Fsp3) is 0.217. The molecular formula is C23H20F3NO. The number of ether oxygens (including phenoxy) is 1. The van der Waals surface area contributed by atoms with Gasteiger partial charge in [0.25, 0.3) is 0 Å². The van der Waals surface area contributed by atoms with Gasteiger partial charge in [0.05, 0.1) is 0 Å². The monoisotopic (exact) mass is 383 g/mol. The Hall–Kier alpha value is -2.79. The fourth-order valence-corrected chi connectivity index (χ4v) is 3.79. The third-order valence-corrected chi connectivity index (χ3v) is 5.28. The highest BCUT2D eigenvalue weighted by Gasteiger charge is 2.28. The third-order valence-electron chi connectivity index (χ3n) is 5.28. The average Bonchev–Trinajstić information content (AvgIpc) is 2.69. The second kappa shape index (κ2) is 7.68. The number of allylic oxidation sites excluding steroid dienone is 1. The van der Waals surface area contributed by atoms with E-state index in [0.29, 0.717) is 25.5 Å². The summed E-state index contributed by atoms with van der Waals surface area (Å²) in [5, 5.41) is 2.13. The number of benzene rings is 3. The SMILES string of the molecule is N[C@H]1CC(COc2cccc3ccccc23)=CC[C@@H]1c1cc(F)c(F)cc1F. The number of halogens is 3. The molecule has 1 aliphatic rings. The molecule has 5 heteroatoms. The van der Waals surface area contributed by atoms with E-state index in [1.165, 1.54) is 0 Å². The molecule has 144 valence electrons. The van der Waals surface area contributed by atoms with Gasteiger partial charge in [0.1, 0.15) is 18.2 Å². The maximum Gasteiger partial charge on any atom is 0.161 e. The lowest BCUT2D eigenvalue weighted by molar-refractivity contribution is 0.338. The van der Waals surface area contributed by atoms with E-state index in [4.69, 9.17) is 10.5 Å². The molecule has 0 heterocycles. The van der Waals surface area contributed by atoms with Crippen LogP contribution in [0.1, 0.15) is 24.3 Å². The summed E-state index contributed by atoms with van der Waals surface area (Å²) in [5.41, 5.74) is 7.37. The fourth-order valence-electron chi connectivity index (χ4n) is 3.79. The second-order valence-electron chi connectivity index (χ2n) is 7.13. The predicted octanol–water partition coefficient (Wildman–Crippen LogP) is 5.47. The summed E-state index contributed by atoms with van der Waals surface area (Å²) in [6.07, 6.45) is 2.92. The molecule has 2 atom stereocenters. The van der Waals surface area contributed by atoms with Crippen molar-refractivity contribution in [3.63, 3.8) is 0 Å². The van der Waals surface area contributed by atoms with Gasteiger partial charge in [-0.25, -0.2) is 13.2 Å². The molecule has 0 fully saturated rings. The second-order valence-corrected chi connectivity index (χ2v) is 7.13. The highest BCUT2D eigenvalue weighted by atomic mass is 19.2. The van der Waals surface area contributed by atoms with Crippen molar-refractivity contribution in [3.8, 4) is 5.75 Å². The zero-order valence-electron chi connectivity index (χ0n) is 15.2. The van der Waals surface area contributed by atoms with Gasteiger partial charge in [0.15, 0.2) is 11.6 Å². The van der Waals surface area contributed by atoms with Gasteiger partial charge in [-0.05, 0) is 41.5 Å². The molecule has 2 N–H and O–H groups in total. The topological polar surface area (TPSA) is 35.2 Å². The van der Waals surface area contributed by atoms with Crippen LogP contribution in [0.25, 0.3) is 10.8 Å². The van der Waals surface area contributed by atoms with Gasteiger partial charge in [-0.2, -0.15) is 0 Å². The molecule has 28 heavy (non-hydrogen) atoms. The number of nitrogens with two attached hydrogens (primary N) is 1. The smallest absolute Gasteiger partial charge is 0.161 e. The molecule has 2 nitrogen and oxygen atoms in total. The summed E-state index contributed by atoms with van der Waals surface area (Å²) in [5.74, 6) is -2.61. The zero-order chi connectivity index (χ0) is 19.7. The van der Waals surface area contributed by atoms with Gasteiger partial charge >= 0.3 is 0 Å². The Morgan fingerprint density at radius 2 is 1.68 bits per heavy atom. The molecule has 3 aromatic carbocycles. The molecular weight excluding hydrogens is 363 g/mol. The van der Waals surface area contributed by atoms with Gasteiger partial charge in [-0.3, -0.25) is 0 Å². The van der Waals surface area contributed by atoms with Crippen LogP contribution in [0.5, 0.6) is 5.75 Å². The summed E-state index contributed by atoms with van der Waals surface area (Å²) in [6, 6.07) is 15.0. The molecule has 4 rings (SSSR count). The van der Waals surface area contributed by atoms with Crippen molar-refractivity contribution in [1.82, 2.24) is 0 Å². The van der Waals surface area contributed by atoms with Gasteiger partial charge < -0.3 is 10.5 Å². The van der Waals surface area contributed by atoms with Crippen LogP contribution in [0, 0.1) is 17.5 Å². The predicted molar refractivity (Wildman–Crippen MR) is 104 cm³/mol. The lowest BCUT2D eigenvalue weighted by atomic mass is 9.81. The molecule has 0 radical (unpaired) electrons. The molecule has 0 spiro atoms. The molecule has 0 bridgehead atoms. The first-order valence-electron chi connectivity index (χ1n) is 9.21. The van der Waals surface area contributed by atoms with Crippen LogP contribution in [0.4, 0.5) is 13.2 Å². The lowest BCUT2D eigenvalue weighted by Crippen LogP contribution is -2.33. The Morgan fingerprint density at radius 3 is 2.50 bits per heavy atom. The minimum Gasteiger partial charge on any atom is -0.489 e. The van der Waals surface area contributed by atoms with Crippen molar-refractivity contribution < 1.29 is 17.9 Å². The Morgan fingerprint density at radius 1 is 0.929 bits per heavy atom. The first kappa shape index (κ1) is 18.6. The van der Waals surface area contributed by atoms with Crippen LogP contribution >= 0.6 is 0 Å². The van der Waals surface area contributed by atoms with E-state index in [9.17, 15) is 13.2 Å². The molecule has 1 aliphatic carbocycles. The van der Waals surface area contributed by atoms with Crippen LogP contribution in [0.3, 0.4) is 0 Å². The van der Waals surface area contributed by atoms with Crippen molar-refractivity contribution in [3.05, 3.63) is 89.3 Å². The van der Waals surface area contributed by atoms with Crippen LogP contribution in [0.2, 0.25) is 0 Å². The maximum absolute atomic E-state index is 14.1. The van der Waals surface area contributed by atoms with Crippen molar-refractivity contribution in [1.29, 1.82) is 0 Å². The number of fused-ring (bicyclic) bond motifs is 1. The number of rotatable bonds is 4. The summed E-state index contributed by atoms with van der Waals surface area (Å²) in [7, 11) is 0. The van der Waals surface area contributed by atoms with E-state index in [0.717, 1.165) is 28.2 Å². The normalized spacial score (nSPS) is 19.5. The minimum absolute atomic E-state index is 0.122. The van der Waals surface area contributed by atoms with Gasteiger partial charge in [-0.1, -0.05) is 42.5 Å². The molecule has 3 aromatic rings. The Kier molecular flexibility index (Phi) is 5.09. The summed E-state index contributed by atoms with van der Waals surface area (Å²) in [6.45, 7) is 0.384. The minimum atomic E-state index is -1.19. The van der Waals surface area contributed by atoms with E-state index in [-0.39, 0.29) is 5.56 Å². The summed E-state index contributed by atoms with van der Waals surface area (Å²) in [4.78, 5) is 0. The molecule has 0 saturated carbocycles. The van der Waals surface area contributed by atoms with Crippen LogP contribution in [-0.2, 0) is 0 Å². The van der Waals surface area contributed by atoms with E-state index in [1.807, 2.05) is 48.5 Å². The maximum atomic E-state index is 14.1. The van der Waals surface area contributed by atoms with Gasteiger partial charge in [0, 0.05) is 23.4 Å². The molecule has 0 aliphatic heterocycles. The molecule has 0 amide bonds. The van der Waals surface area contributed by atoms with Crippen LogP contribution < -0.4 is 10.5 Å². The van der Waals surface area contributed by atoms with Crippen LogP contribution in [-0.4, -0.2) is 12.6 Å². The Labute approximate surface area is 161 Å². The van der Waals surface area contributed by atoms with Gasteiger partial charge in [-0.15, -0.1) is 0 Å². The lowest BCUT2D eigenvalue weighted by Gasteiger charge is -2.29. The average molecular weight is 383 g/mol. The standard InChI is InChI=1S/C23H20F3NO/c24-19-12-21(26)20(25)11-18(19)17-9-8-14(10-22(17)27)13-28-23-7-3-5-15-4-1-2-6-16(15)23/h1-8,11-12,17,22H,9-10,13,27H2/t17-,22+/m1/s1. The van der Waals surface area contributed by atoms with E-state index in [1.54, 1.807) is 0 Å². The van der Waals surface area contributed by atoms with Crippen molar-refractivity contribution in [2.45, 2.75) is 24.8 Å². The van der Waals surface area contributed by atoms with Gasteiger partial charge in [0.2, 0.25) is 0 Å². The quantitative estimate of drug-likeness (QED) is 0.479. The highest BCUT2D eigenvalue weighted by molar-refractivity contribution is 5.88. The molecule has 0 saturated heterocycles. The van der Waals surface area contributed by atoms with Crippen molar-refractivity contribution in [2.75, 3.05) is 6.61 Å². The highest BCUT2D eigenvalue weighted by Crippen LogP contribution is 2.34. The first-order chi connectivity index (χ1) is 13.5. The Bertz CT molecular complexity index is 1040. The summed E-state index contributed by atoms with van der Waals surface area (Å²) < 4.78 is 46.8. The van der Waals surface area contributed by atoms with E-state index in [2.05, 4.69) is 0 Å². The first-order valence-corrected chi connectivity index (χ1v) is 9.21. The molecule has 0 unspecified atom stereocenters. The van der Waals surface area contributed by atoms with E-state index < -0.39 is 29.4 Å². The number of hydrogen-bond acceptors (Lipinski definition) is 2. The summed E-state index contributed by atoms with van der Waals surface area (Å²) >= 11 is 0. The van der Waals surface area contributed by atoms with E-state index >= 15 is 0 Å². The largest absolute Gasteiger partial charge is 0.489 e. The molecule has 0 aromatic heterocycles. The van der Waals surface area contributed by atoms with Crippen molar-refractivity contribution in [2.24, 2.45) is 5.73 Å². The Balaban J connectivity index is 1.49. The zero-order valence-corrected chi connectivity index (χ0v) is 15.2. The van der Waals surface area contributed by atoms with Crippen LogP contribution in [0.15, 0.2) is 66.2 Å². The van der Waals surface area contributed by atoms with Crippen molar-refractivity contribution >= 4 is 10.8 Å². The third kappa shape index (κ3) is 3.62.